The summed E-state index contributed by atoms with van der Waals surface area (Å²) in [6.45, 7) is 5.95. The van der Waals surface area contributed by atoms with E-state index in [1.807, 2.05) is 92.1 Å². The number of carbonyl (C=O) groups is 1. The number of hydrogen-bond acceptors (Lipinski definition) is 4. The molecule has 32 heavy (non-hydrogen) atoms. The van der Waals surface area contributed by atoms with E-state index < -0.39 is 5.25 Å². The Balaban J connectivity index is 1.67. The van der Waals surface area contributed by atoms with Gasteiger partial charge in [0.25, 0.3) is 0 Å². The molecule has 162 valence electrons. The lowest BCUT2D eigenvalue weighted by Gasteiger charge is -2.18. The van der Waals surface area contributed by atoms with Crippen LogP contribution in [0.1, 0.15) is 27.5 Å². The van der Waals surface area contributed by atoms with Gasteiger partial charge in [0.1, 0.15) is 11.6 Å². The Morgan fingerprint density at radius 2 is 1.75 bits per heavy atom. The predicted octanol–water partition coefficient (Wildman–Crippen LogP) is 6.32. The van der Waals surface area contributed by atoms with Crippen LogP contribution in [0.4, 0.5) is 5.69 Å². The van der Waals surface area contributed by atoms with Gasteiger partial charge in [-0.1, -0.05) is 71.9 Å². The first-order valence-corrected chi connectivity index (χ1v) is 11.4. The molecule has 0 fully saturated rings. The zero-order valence-corrected chi connectivity index (χ0v) is 19.6. The van der Waals surface area contributed by atoms with E-state index in [2.05, 4.69) is 15.5 Å². The number of thioether (sulfide) groups is 1. The summed E-state index contributed by atoms with van der Waals surface area (Å²) in [6, 6.07) is 21.5. The lowest BCUT2D eigenvalue weighted by Crippen LogP contribution is -2.20. The Kier molecular flexibility index (Phi) is 6.63. The molecular formula is C25H23ClN4OS. The number of nitrogens with zero attached hydrogens (tertiary/aromatic N) is 3. The standard InChI is InChI=1S/C25H23ClN4OS/c1-16-9-10-18(3)22(13-16)28-24(31)23(19-7-5-4-6-8-19)32-25-29-27-15-30(25)20-12-11-17(2)21(26)14-20/h4-15,23H,1-3H3,(H,28,31). The average molecular weight is 463 g/mol. The van der Waals surface area contributed by atoms with Crippen LogP contribution in [-0.2, 0) is 4.79 Å². The van der Waals surface area contributed by atoms with Gasteiger partial charge in [-0.3, -0.25) is 9.36 Å². The maximum Gasteiger partial charge on any atom is 0.242 e. The molecule has 1 amide bonds. The van der Waals surface area contributed by atoms with Gasteiger partial charge in [-0.2, -0.15) is 0 Å². The van der Waals surface area contributed by atoms with Crippen molar-refractivity contribution in [1.29, 1.82) is 0 Å². The molecule has 3 aromatic carbocycles. The molecule has 0 aliphatic rings. The monoisotopic (exact) mass is 462 g/mol. The van der Waals surface area contributed by atoms with E-state index in [1.54, 1.807) is 6.33 Å². The number of carbonyl (C=O) groups excluding carboxylic acids is 1. The topological polar surface area (TPSA) is 59.8 Å². The second-order valence-electron chi connectivity index (χ2n) is 7.63. The first-order valence-electron chi connectivity index (χ1n) is 10.2. The highest BCUT2D eigenvalue weighted by atomic mass is 35.5. The van der Waals surface area contributed by atoms with Crippen molar-refractivity contribution in [3.8, 4) is 5.69 Å². The minimum atomic E-state index is -0.514. The summed E-state index contributed by atoms with van der Waals surface area (Å²) >= 11 is 7.68. The van der Waals surface area contributed by atoms with Gasteiger partial charge in [0, 0.05) is 10.7 Å². The average Bonchev–Trinajstić information content (AvgIpc) is 3.25. The zero-order chi connectivity index (χ0) is 22.7. The molecule has 1 atom stereocenters. The van der Waals surface area contributed by atoms with Gasteiger partial charge in [-0.15, -0.1) is 10.2 Å². The van der Waals surface area contributed by atoms with E-state index >= 15 is 0 Å². The molecule has 0 saturated carbocycles. The van der Waals surface area contributed by atoms with Crippen LogP contribution in [0.2, 0.25) is 5.02 Å². The molecule has 0 saturated heterocycles. The van der Waals surface area contributed by atoms with E-state index in [0.29, 0.717) is 10.2 Å². The van der Waals surface area contributed by atoms with Gasteiger partial charge < -0.3 is 5.32 Å². The summed E-state index contributed by atoms with van der Waals surface area (Å²) in [5.74, 6) is -0.119. The van der Waals surface area contributed by atoms with E-state index in [9.17, 15) is 4.79 Å². The van der Waals surface area contributed by atoms with Crippen molar-refractivity contribution in [2.24, 2.45) is 0 Å². The highest BCUT2D eigenvalue weighted by Crippen LogP contribution is 2.36. The fourth-order valence-electron chi connectivity index (χ4n) is 3.29. The minimum absolute atomic E-state index is 0.119. The van der Waals surface area contributed by atoms with Crippen molar-refractivity contribution in [3.05, 3.63) is 100 Å². The van der Waals surface area contributed by atoms with Crippen LogP contribution < -0.4 is 5.32 Å². The molecule has 5 nitrogen and oxygen atoms in total. The lowest BCUT2D eigenvalue weighted by molar-refractivity contribution is -0.115. The number of amides is 1. The molecule has 1 heterocycles. The van der Waals surface area contributed by atoms with Crippen LogP contribution in [0.5, 0.6) is 0 Å². The largest absolute Gasteiger partial charge is 0.325 e. The van der Waals surface area contributed by atoms with Gasteiger partial charge in [-0.05, 0) is 61.2 Å². The zero-order valence-electron chi connectivity index (χ0n) is 18.0. The molecule has 7 heteroatoms. The number of aryl methyl sites for hydroxylation is 3. The van der Waals surface area contributed by atoms with Crippen LogP contribution in [-0.4, -0.2) is 20.7 Å². The number of halogens is 1. The van der Waals surface area contributed by atoms with Crippen molar-refractivity contribution in [3.63, 3.8) is 0 Å². The third-order valence-corrected chi connectivity index (χ3v) is 6.78. The lowest BCUT2D eigenvalue weighted by atomic mass is 10.1. The number of anilines is 1. The van der Waals surface area contributed by atoms with Crippen molar-refractivity contribution >= 4 is 35.0 Å². The molecular weight excluding hydrogens is 440 g/mol. The van der Waals surface area contributed by atoms with Gasteiger partial charge in [-0.25, -0.2) is 0 Å². The van der Waals surface area contributed by atoms with Crippen molar-refractivity contribution < 1.29 is 4.79 Å². The van der Waals surface area contributed by atoms with E-state index in [4.69, 9.17) is 11.6 Å². The summed E-state index contributed by atoms with van der Waals surface area (Å²) in [4.78, 5) is 13.4. The SMILES string of the molecule is Cc1ccc(C)c(NC(=O)C(Sc2nncn2-c2ccc(C)c(Cl)c2)c2ccccc2)c1. The Morgan fingerprint density at radius 3 is 2.50 bits per heavy atom. The van der Waals surface area contributed by atoms with Crippen LogP contribution in [0.3, 0.4) is 0 Å². The molecule has 0 aliphatic carbocycles. The van der Waals surface area contributed by atoms with Crippen LogP contribution >= 0.6 is 23.4 Å². The molecule has 0 bridgehead atoms. The van der Waals surface area contributed by atoms with E-state index in [0.717, 1.165) is 33.6 Å². The van der Waals surface area contributed by atoms with Crippen molar-refractivity contribution in [1.82, 2.24) is 14.8 Å². The molecule has 0 aliphatic heterocycles. The first-order chi connectivity index (χ1) is 15.4. The van der Waals surface area contributed by atoms with E-state index in [1.165, 1.54) is 11.8 Å². The summed E-state index contributed by atoms with van der Waals surface area (Å²) in [5.41, 5.74) is 5.63. The number of benzene rings is 3. The Morgan fingerprint density at radius 1 is 1.00 bits per heavy atom. The summed E-state index contributed by atoms with van der Waals surface area (Å²) in [5, 5.41) is 12.2. The highest BCUT2D eigenvalue weighted by molar-refractivity contribution is 8.00. The molecule has 0 spiro atoms. The number of nitrogens with one attached hydrogen (secondary N) is 1. The Hall–Kier alpha value is -3.09. The third kappa shape index (κ3) is 4.87. The van der Waals surface area contributed by atoms with Crippen LogP contribution in [0.15, 0.2) is 78.2 Å². The van der Waals surface area contributed by atoms with Gasteiger partial charge in [0.2, 0.25) is 5.91 Å². The number of rotatable bonds is 6. The molecule has 4 rings (SSSR count). The second kappa shape index (κ2) is 9.59. The first kappa shape index (κ1) is 22.1. The Bertz CT molecular complexity index is 1260. The summed E-state index contributed by atoms with van der Waals surface area (Å²) in [7, 11) is 0. The number of aromatic nitrogens is 3. The second-order valence-corrected chi connectivity index (χ2v) is 9.11. The van der Waals surface area contributed by atoms with Gasteiger partial charge in [0.05, 0.1) is 5.69 Å². The quantitative estimate of drug-likeness (QED) is 0.341. The third-order valence-electron chi connectivity index (χ3n) is 5.16. The molecule has 1 aromatic heterocycles. The predicted molar refractivity (Wildman–Crippen MR) is 131 cm³/mol. The van der Waals surface area contributed by atoms with Crippen molar-refractivity contribution in [2.75, 3.05) is 5.32 Å². The fourth-order valence-corrected chi connectivity index (χ4v) is 4.49. The fraction of sp³-hybridized carbons (Fsp3) is 0.160. The molecule has 1 N–H and O–H groups in total. The maximum absolute atomic E-state index is 13.4. The van der Waals surface area contributed by atoms with Crippen molar-refractivity contribution in [2.45, 2.75) is 31.2 Å². The smallest absolute Gasteiger partial charge is 0.242 e. The van der Waals surface area contributed by atoms with Crippen LogP contribution in [0.25, 0.3) is 5.69 Å². The Labute approximate surface area is 196 Å². The molecule has 4 aromatic rings. The number of hydrogen-bond donors (Lipinski definition) is 1. The van der Waals surface area contributed by atoms with Crippen LogP contribution in [0, 0.1) is 20.8 Å². The molecule has 0 radical (unpaired) electrons. The highest BCUT2D eigenvalue weighted by Gasteiger charge is 2.25. The minimum Gasteiger partial charge on any atom is -0.325 e. The molecule has 1 unspecified atom stereocenters. The van der Waals surface area contributed by atoms with Gasteiger partial charge >= 0.3 is 0 Å². The summed E-state index contributed by atoms with van der Waals surface area (Å²) in [6.07, 6.45) is 1.63. The summed E-state index contributed by atoms with van der Waals surface area (Å²) < 4.78 is 1.84. The van der Waals surface area contributed by atoms with Gasteiger partial charge in [0.15, 0.2) is 5.16 Å². The normalized spacial score (nSPS) is 11.9. The van der Waals surface area contributed by atoms with E-state index in [-0.39, 0.29) is 5.91 Å². The maximum atomic E-state index is 13.4.